The summed E-state index contributed by atoms with van der Waals surface area (Å²) in [6.07, 6.45) is 1.86. The maximum Gasteiger partial charge on any atom is 0.126 e. The molecule has 1 aromatic rings. The molecule has 1 N–H and O–H groups in total. The van der Waals surface area contributed by atoms with E-state index in [1.165, 1.54) is 6.07 Å². The largest absolute Gasteiger partial charge is 0.314 e. The molecule has 96 valence electrons. The van der Waals surface area contributed by atoms with E-state index in [0.29, 0.717) is 6.04 Å². The van der Waals surface area contributed by atoms with Crippen LogP contribution in [0.15, 0.2) is 24.3 Å². The van der Waals surface area contributed by atoms with Crippen molar-refractivity contribution in [1.29, 1.82) is 0 Å². The van der Waals surface area contributed by atoms with E-state index in [4.69, 9.17) is 0 Å². The van der Waals surface area contributed by atoms with E-state index in [9.17, 15) is 4.39 Å². The Hall–Kier alpha value is -0.930. The minimum absolute atomic E-state index is 0.102. The van der Waals surface area contributed by atoms with Gasteiger partial charge in [-0.3, -0.25) is 0 Å². The van der Waals surface area contributed by atoms with Crippen LogP contribution in [-0.2, 0) is 6.42 Å². The Morgan fingerprint density at radius 2 is 2.00 bits per heavy atom. The third-order valence-corrected chi connectivity index (χ3v) is 2.76. The van der Waals surface area contributed by atoms with Crippen LogP contribution < -0.4 is 5.32 Å². The van der Waals surface area contributed by atoms with Gasteiger partial charge in [-0.2, -0.15) is 0 Å². The van der Waals surface area contributed by atoms with Gasteiger partial charge in [-0.25, -0.2) is 4.39 Å². The lowest BCUT2D eigenvalue weighted by atomic mass is 10.1. The minimum Gasteiger partial charge on any atom is -0.314 e. The smallest absolute Gasteiger partial charge is 0.126 e. The highest BCUT2D eigenvalue weighted by atomic mass is 19.1. The normalized spacial score (nSPS) is 13.0. The number of rotatable bonds is 7. The lowest BCUT2D eigenvalue weighted by molar-refractivity contribution is 0.387. The maximum atomic E-state index is 13.4. The minimum atomic E-state index is -0.102. The Bertz CT molecular complexity index is 326. The van der Waals surface area contributed by atoms with Crippen LogP contribution in [0.3, 0.4) is 0 Å². The van der Waals surface area contributed by atoms with E-state index < -0.39 is 0 Å². The van der Waals surface area contributed by atoms with Crippen molar-refractivity contribution < 1.29 is 4.39 Å². The molecule has 0 aliphatic carbocycles. The van der Waals surface area contributed by atoms with Crippen molar-refractivity contribution in [2.24, 2.45) is 0 Å². The van der Waals surface area contributed by atoms with E-state index >= 15 is 0 Å². The fourth-order valence-electron chi connectivity index (χ4n) is 1.81. The van der Waals surface area contributed by atoms with Crippen LogP contribution in [0.1, 0.15) is 18.9 Å². The summed E-state index contributed by atoms with van der Waals surface area (Å²) < 4.78 is 13.4. The summed E-state index contributed by atoms with van der Waals surface area (Å²) in [6.45, 7) is 4.16. The zero-order valence-electron chi connectivity index (χ0n) is 11.0. The zero-order valence-corrected chi connectivity index (χ0v) is 11.0. The molecule has 0 saturated carbocycles. The first-order valence-corrected chi connectivity index (χ1v) is 6.21. The molecular formula is C14H23FN2. The number of nitrogens with zero attached hydrogens (tertiary/aromatic N) is 1. The molecule has 0 fully saturated rings. The molecule has 0 amide bonds. The molecule has 2 nitrogen and oxygen atoms in total. The molecular weight excluding hydrogens is 215 g/mol. The van der Waals surface area contributed by atoms with Crippen molar-refractivity contribution in [1.82, 2.24) is 10.2 Å². The third-order valence-electron chi connectivity index (χ3n) is 2.76. The summed E-state index contributed by atoms with van der Waals surface area (Å²) in [5, 5.41) is 3.42. The summed E-state index contributed by atoms with van der Waals surface area (Å²) in [5.74, 6) is -0.102. The van der Waals surface area contributed by atoms with Gasteiger partial charge in [0.15, 0.2) is 0 Å². The quantitative estimate of drug-likeness (QED) is 0.733. The Morgan fingerprint density at radius 1 is 1.29 bits per heavy atom. The van der Waals surface area contributed by atoms with Crippen molar-refractivity contribution in [3.8, 4) is 0 Å². The predicted octanol–water partition coefficient (Wildman–Crippen LogP) is 2.30. The Balaban J connectivity index is 2.25. The van der Waals surface area contributed by atoms with Gasteiger partial charge in [0.05, 0.1) is 0 Å². The molecule has 0 spiro atoms. The highest BCUT2D eigenvalue weighted by Crippen LogP contribution is 2.08. The van der Waals surface area contributed by atoms with Crippen molar-refractivity contribution in [2.45, 2.75) is 25.8 Å². The Morgan fingerprint density at radius 3 is 2.65 bits per heavy atom. The fourth-order valence-corrected chi connectivity index (χ4v) is 1.81. The SMILES string of the molecule is CC(Cc1ccccc1F)NCCCN(C)C. The van der Waals surface area contributed by atoms with E-state index in [0.717, 1.165) is 31.5 Å². The summed E-state index contributed by atoms with van der Waals surface area (Å²) >= 11 is 0. The molecule has 0 aromatic heterocycles. The molecule has 1 aromatic carbocycles. The zero-order chi connectivity index (χ0) is 12.7. The monoisotopic (exact) mass is 238 g/mol. The van der Waals surface area contributed by atoms with Crippen molar-refractivity contribution in [2.75, 3.05) is 27.2 Å². The van der Waals surface area contributed by atoms with E-state index in [1.54, 1.807) is 6.07 Å². The second-order valence-electron chi connectivity index (χ2n) is 4.81. The van der Waals surface area contributed by atoms with Gasteiger partial charge < -0.3 is 10.2 Å². The van der Waals surface area contributed by atoms with Crippen LogP contribution in [0.2, 0.25) is 0 Å². The first-order valence-electron chi connectivity index (χ1n) is 6.21. The summed E-state index contributed by atoms with van der Waals surface area (Å²) in [6, 6.07) is 7.31. The van der Waals surface area contributed by atoms with Crippen LogP contribution in [0, 0.1) is 5.82 Å². The molecule has 0 bridgehead atoms. The van der Waals surface area contributed by atoms with Crippen molar-refractivity contribution in [3.63, 3.8) is 0 Å². The van der Waals surface area contributed by atoms with Crippen LogP contribution in [-0.4, -0.2) is 38.1 Å². The standard InChI is InChI=1S/C14H23FN2/c1-12(16-9-6-10-17(2)3)11-13-7-4-5-8-14(13)15/h4-5,7-8,12,16H,6,9-11H2,1-3H3. The maximum absolute atomic E-state index is 13.4. The first-order chi connectivity index (χ1) is 8.09. The van der Waals surface area contributed by atoms with Gasteiger partial charge in [0.2, 0.25) is 0 Å². The first kappa shape index (κ1) is 14.1. The van der Waals surface area contributed by atoms with Gasteiger partial charge in [0, 0.05) is 6.04 Å². The van der Waals surface area contributed by atoms with Gasteiger partial charge in [-0.1, -0.05) is 18.2 Å². The molecule has 0 heterocycles. The number of hydrogen-bond acceptors (Lipinski definition) is 2. The number of hydrogen-bond donors (Lipinski definition) is 1. The Labute approximate surface area is 104 Å². The third kappa shape index (κ3) is 5.80. The van der Waals surface area contributed by atoms with Crippen LogP contribution >= 0.6 is 0 Å². The van der Waals surface area contributed by atoms with Crippen LogP contribution in [0.4, 0.5) is 4.39 Å². The molecule has 3 heteroatoms. The molecule has 0 aliphatic heterocycles. The highest BCUT2D eigenvalue weighted by molar-refractivity contribution is 5.18. The summed E-state index contributed by atoms with van der Waals surface area (Å²) in [5.41, 5.74) is 0.792. The second kappa shape index (κ2) is 7.41. The Kier molecular flexibility index (Phi) is 6.16. The molecule has 1 unspecified atom stereocenters. The lowest BCUT2D eigenvalue weighted by Crippen LogP contribution is -2.30. The predicted molar refractivity (Wildman–Crippen MR) is 70.7 cm³/mol. The van der Waals surface area contributed by atoms with Crippen molar-refractivity contribution in [3.05, 3.63) is 35.6 Å². The second-order valence-corrected chi connectivity index (χ2v) is 4.81. The number of halogens is 1. The molecule has 0 saturated heterocycles. The fraction of sp³-hybridized carbons (Fsp3) is 0.571. The van der Waals surface area contributed by atoms with Gasteiger partial charge in [-0.05, 0) is 58.6 Å². The average molecular weight is 238 g/mol. The highest BCUT2D eigenvalue weighted by Gasteiger charge is 2.06. The summed E-state index contributed by atoms with van der Waals surface area (Å²) in [7, 11) is 4.14. The molecule has 0 radical (unpaired) electrons. The van der Waals surface area contributed by atoms with Gasteiger partial charge >= 0.3 is 0 Å². The van der Waals surface area contributed by atoms with Crippen LogP contribution in [0.5, 0.6) is 0 Å². The molecule has 0 aliphatic rings. The van der Waals surface area contributed by atoms with E-state index in [-0.39, 0.29) is 5.82 Å². The molecule has 1 atom stereocenters. The number of nitrogens with one attached hydrogen (secondary N) is 1. The number of benzene rings is 1. The van der Waals surface area contributed by atoms with Gasteiger partial charge in [0.25, 0.3) is 0 Å². The van der Waals surface area contributed by atoms with Crippen molar-refractivity contribution >= 4 is 0 Å². The van der Waals surface area contributed by atoms with Gasteiger partial charge in [0.1, 0.15) is 5.82 Å². The topological polar surface area (TPSA) is 15.3 Å². The summed E-state index contributed by atoms with van der Waals surface area (Å²) in [4.78, 5) is 2.17. The average Bonchev–Trinajstić information content (AvgIpc) is 2.27. The molecule has 17 heavy (non-hydrogen) atoms. The van der Waals surface area contributed by atoms with E-state index in [1.807, 2.05) is 12.1 Å². The lowest BCUT2D eigenvalue weighted by Gasteiger charge is -2.15. The molecule has 1 rings (SSSR count). The van der Waals surface area contributed by atoms with Gasteiger partial charge in [-0.15, -0.1) is 0 Å². The van der Waals surface area contributed by atoms with E-state index in [2.05, 4.69) is 31.2 Å². The van der Waals surface area contributed by atoms with Crippen LogP contribution in [0.25, 0.3) is 0 Å².